The predicted octanol–water partition coefficient (Wildman–Crippen LogP) is -9.49. The molecule has 44 nitrogen and oxygen atoms in total. The van der Waals surface area contributed by atoms with E-state index in [1.54, 1.807) is 18.7 Å². The quantitative estimate of drug-likeness (QED) is 0.0252. The van der Waals surface area contributed by atoms with Gasteiger partial charge >= 0.3 is 0 Å². The first-order valence-corrected chi connectivity index (χ1v) is 41.1. The SMILES string of the molecule is CC[C@@]1(C)CN(C(=O)CCCC(=O)NC(CCC(=O)NC(CCC(=O)NCCOCCOC2C[C@H](CO)[C@H](O)[C@H](O)[C@H]2NC(C)=O)C(=O)NCCOCCOC2O[C@H](CO)[C@H](O)[C@H](O)[C@H]2NC(C)=O)C(=O)NC(CCC(=O)NCCOCCOC2O[C@H](CO)[C@H](O)[C@H](O)[C@H]2C)C(=O)NCCOCCOC2O[C@H](CO)[C@H](O)[C@H](O)[C@H]2C)C[C@@]1(C)CO. The number of hydrogen-bond acceptors (Lipinski definition) is 34. The van der Waals surface area contributed by atoms with Crippen molar-refractivity contribution < 1.29 is 166 Å². The summed E-state index contributed by atoms with van der Waals surface area (Å²) in [5, 5.41) is 156. The van der Waals surface area contributed by atoms with Crippen LogP contribution in [0.15, 0.2) is 0 Å². The van der Waals surface area contributed by atoms with Crippen LogP contribution in [0.25, 0.3) is 0 Å². The van der Waals surface area contributed by atoms with E-state index in [1.165, 1.54) is 13.8 Å². The Hall–Kier alpha value is -6.26. The zero-order valence-electron chi connectivity index (χ0n) is 69.7. The molecule has 44 heteroatoms. The molecule has 7 unspecified atom stereocenters. The van der Waals surface area contributed by atoms with Gasteiger partial charge in [0, 0.05) is 115 Å². The van der Waals surface area contributed by atoms with Crippen molar-refractivity contribution in [3.05, 3.63) is 0 Å². The van der Waals surface area contributed by atoms with Crippen molar-refractivity contribution in [3.63, 3.8) is 0 Å². The lowest BCUT2D eigenvalue weighted by Gasteiger charge is -2.42. The lowest BCUT2D eigenvalue weighted by atomic mass is 9.67. The van der Waals surface area contributed by atoms with Gasteiger partial charge in [-0.1, -0.05) is 34.6 Å². The highest BCUT2D eigenvalue weighted by Crippen LogP contribution is 2.48. The van der Waals surface area contributed by atoms with Gasteiger partial charge in [-0.05, 0) is 43.9 Å². The summed E-state index contributed by atoms with van der Waals surface area (Å²) in [7, 11) is 0. The maximum Gasteiger partial charge on any atom is 0.243 e. The lowest BCUT2D eigenvalue weighted by molar-refractivity contribution is -0.284. The molecule has 0 spiro atoms. The maximum atomic E-state index is 14.7. The molecule has 0 radical (unpaired) electrons. The molecule has 0 aromatic carbocycles. The van der Waals surface area contributed by atoms with E-state index in [-0.39, 0.29) is 176 Å². The third kappa shape index (κ3) is 33.0. The second kappa shape index (κ2) is 53.8. The van der Waals surface area contributed by atoms with E-state index in [2.05, 4.69) is 47.9 Å². The van der Waals surface area contributed by atoms with Gasteiger partial charge in [-0.3, -0.25) is 47.9 Å². The summed E-state index contributed by atoms with van der Waals surface area (Å²) in [4.78, 5) is 137. The van der Waals surface area contributed by atoms with Crippen molar-refractivity contribution >= 4 is 59.1 Å². The summed E-state index contributed by atoms with van der Waals surface area (Å²) in [5.41, 5.74) is -1.00. The minimum Gasteiger partial charge on any atom is -0.396 e. The Bertz CT molecular complexity index is 3110. The van der Waals surface area contributed by atoms with Gasteiger partial charge in [0.2, 0.25) is 59.1 Å². The number of ether oxygens (including phenoxy) is 11. The minimum absolute atomic E-state index is 0.00428. The van der Waals surface area contributed by atoms with Crippen molar-refractivity contribution in [3.8, 4) is 0 Å². The van der Waals surface area contributed by atoms with Crippen LogP contribution in [0.5, 0.6) is 0 Å². The van der Waals surface area contributed by atoms with Crippen LogP contribution in [0.2, 0.25) is 0 Å². The lowest BCUT2D eigenvalue weighted by Crippen LogP contribution is -2.64. The first kappa shape index (κ1) is 104. The van der Waals surface area contributed by atoms with Gasteiger partial charge in [0.25, 0.3) is 0 Å². The van der Waals surface area contributed by atoms with E-state index < -0.39 is 243 Å². The number of amides is 10. The topological polar surface area (TPSA) is 647 Å². The summed E-state index contributed by atoms with van der Waals surface area (Å²) >= 11 is 0. The van der Waals surface area contributed by atoms with Gasteiger partial charge in [0.15, 0.2) is 18.9 Å². The first-order valence-electron chi connectivity index (χ1n) is 41.1. The Balaban J connectivity index is 1.29. The number of aliphatic hydroxyl groups is 13. The number of carbonyl (C=O) groups excluding carboxylic acids is 10. The van der Waals surface area contributed by atoms with E-state index in [0.29, 0.717) is 13.0 Å². The van der Waals surface area contributed by atoms with Crippen LogP contribution < -0.4 is 47.9 Å². The number of hydrogen-bond donors (Lipinski definition) is 22. The second-order valence-electron chi connectivity index (χ2n) is 31.4. The van der Waals surface area contributed by atoms with Gasteiger partial charge in [-0.25, -0.2) is 0 Å². The molecule has 1 saturated carbocycles. The molecule has 5 rings (SSSR count). The van der Waals surface area contributed by atoms with Crippen LogP contribution >= 0.6 is 0 Å². The van der Waals surface area contributed by atoms with Crippen molar-refractivity contribution in [1.82, 2.24) is 52.8 Å². The highest BCUT2D eigenvalue weighted by atomic mass is 16.7. The van der Waals surface area contributed by atoms with Crippen LogP contribution in [0.4, 0.5) is 0 Å². The molecule has 4 saturated heterocycles. The molecular weight excluding hydrogens is 1600 g/mol. The third-order valence-electron chi connectivity index (χ3n) is 22.4. The number of likely N-dealkylation sites (tertiary alicyclic amines) is 1. The minimum atomic E-state index is -1.63. The number of carbonyl (C=O) groups is 10. The summed E-state index contributed by atoms with van der Waals surface area (Å²) in [6, 6.07) is -6.84. The molecule has 22 N–H and O–H groups in total. The number of nitrogens with zero attached hydrogens (tertiary/aromatic N) is 1. The highest BCUT2D eigenvalue weighted by molar-refractivity contribution is 5.93. The zero-order chi connectivity index (χ0) is 88.8. The maximum absolute atomic E-state index is 14.7. The molecule has 692 valence electrons. The molecule has 1 aliphatic carbocycles. The number of aliphatic hydroxyl groups excluding tert-OH is 13. The molecule has 10 amide bonds. The van der Waals surface area contributed by atoms with Gasteiger partial charge in [0.05, 0.1) is 136 Å². The van der Waals surface area contributed by atoms with Crippen molar-refractivity contribution in [2.45, 2.75) is 241 Å². The fourth-order valence-corrected chi connectivity index (χ4v) is 14.5. The molecule has 0 bridgehead atoms. The number of nitrogens with one attached hydrogen (secondary N) is 9. The van der Waals surface area contributed by atoms with E-state index in [4.69, 9.17) is 52.1 Å². The van der Waals surface area contributed by atoms with Crippen LogP contribution in [-0.4, -0.2) is 404 Å². The van der Waals surface area contributed by atoms with E-state index in [0.717, 1.165) is 0 Å². The summed E-state index contributed by atoms with van der Waals surface area (Å²) in [6.07, 6.45) is -20.8. The van der Waals surface area contributed by atoms with E-state index in [1.807, 2.05) is 20.8 Å². The molecule has 4 heterocycles. The number of rotatable bonds is 55. The Labute approximate surface area is 697 Å². The first-order chi connectivity index (χ1) is 57.1. The molecule has 0 aromatic rings. The monoisotopic (exact) mass is 1730 g/mol. The standard InChI is InChI=1S/C76H134N10O34/c1-8-75(6)39-86(40-76(75,7)41-91)58(98)11-9-10-56(96)84-49(71(109)85-48(70(108)80-21-25-112-28-32-116-73-43(3)62(100)65(103)52(37-89)119-73)13-16-55(95)78-19-23-111-27-31-115-72-42(2)61(99)64(102)51(36-88)118-72)14-17-57(97)83-47(69(107)79-20-24-113-29-33-117-74-60(82-45(5)93)68(106)66(104)53(38-90)120-74)12-15-54(94)77-18-22-110-26-30-114-50-34-46(35-87)63(101)67(105)59(50)81-44(4)92/h42-43,46-53,59-68,72-74,87-91,99-106H,8-41H2,1-7H3,(H,77,94)(H,78,95)(H,79,107)(H,80,108)(H,81,92)(H,82,93)(H,83,97)(H,84,96)(H,85,109)/t42-,43-,46-,47?,48?,49?,50?,51-,52-,53-,59+,60-,61-,62-,63+,64+,65+,66+,67-,68-,72?,73?,74?,75+,76+/m1/s1. The van der Waals surface area contributed by atoms with Crippen LogP contribution in [-0.2, 0) is 100 Å². The molecule has 5 fully saturated rings. The van der Waals surface area contributed by atoms with Crippen molar-refractivity contribution in [1.29, 1.82) is 0 Å². The Morgan fingerprint density at radius 3 is 1.23 bits per heavy atom. The Kier molecular flexibility index (Phi) is 46.8. The smallest absolute Gasteiger partial charge is 0.243 e. The Morgan fingerprint density at radius 2 is 0.800 bits per heavy atom. The van der Waals surface area contributed by atoms with Gasteiger partial charge in [-0.2, -0.15) is 0 Å². The third-order valence-corrected chi connectivity index (χ3v) is 22.4. The summed E-state index contributed by atoms with van der Waals surface area (Å²) in [5.74, 6) is -8.91. The molecule has 4 aliphatic heterocycles. The second-order valence-corrected chi connectivity index (χ2v) is 31.4. The van der Waals surface area contributed by atoms with Crippen molar-refractivity contribution in [2.75, 3.05) is 152 Å². The summed E-state index contributed by atoms with van der Waals surface area (Å²) in [6.45, 7) is 8.08. The van der Waals surface area contributed by atoms with Gasteiger partial charge < -0.3 is 171 Å². The molecular formula is C76H134N10O34. The van der Waals surface area contributed by atoms with Crippen LogP contribution in [0.3, 0.4) is 0 Å². The van der Waals surface area contributed by atoms with Gasteiger partial charge in [-0.15, -0.1) is 0 Å². The molecule has 0 aromatic heterocycles. The summed E-state index contributed by atoms with van der Waals surface area (Å²) < 4.78 is 62.2. The van der Waals surface area contributed by atoms with E-state index in [9.17, 15) is 114 Å². The normalized spacial score (nSPS) is 30.7. The van der Waals surface area contributed by atoms with E-state index >= 15 is 0 Å². The fourth-order valence-electron chi connectivity index (χ4n) is 14.5. The van der Waals surface area contributed by atoms with Crippen molar-refractivity contribution in [2.24, 2.45) is 28.6 Å². The molecule has 120 heavy (non-hydrogen) atoms. The molecule has 5 aliphatic rings. The average molecular weight is 1730 g/mol. The molecule has 25 atom stereocenters. The van der Waals surface area contributed by atoms with Crippen LogP contribution in [0, 0.1) is 28.6 Å². The zero-order valence-corrected chi connectivity index (χ0v) is 69.7. The Morgan fingerprint density at radius 1 is 0.417 bits per heavy atom. The predicted molar refractivity (Wildman–Crippen MR) is 414 cm³/mol. The van der Waals surface area contributed by atoms with Gasteiger partial charge in [0.1, 0.15) is 73.0 Å². The average Bonchev–Trinajstić information content (AvgIpc) is 1.64. The largest absolute Gasteiger partial charge is 0.396 e. The fraction of sp³-hybridized carbons (Fsp3) is 0.868. The van der Waals surface area contributed by atoms with Crippen LogP contribution in [0.1, 0.15) is 119 Å². The highest BCUT2D eigenvalue weighted by Gasteiger charge is 2.52.